The van der Waals surface area contributed by atoms with Crippen molar-refractivity contribution in [1.82, 2.24) is 10.1 Å². The summed E-state index contributed by atoms with van der Waals surface area (Å²) in [4.78, 5) is 2.22. The summed E-state index contributed by atoms with van der Waals surface area (Å²) in [5.74, 6) is 0.869. The molecule has 1 N–H and O–H groups in total. The number of aryl methyl sites for hydroxylation is 2. The van der Waals surface area contributed by atoms with Gasteiger partial charge in [0.05, 0.1) is 11.8 Å². The molecule has 0 aliphatic carbocycles. The molecule has 1 aromatic heterocycles. The fourth-order valence-electron chi connectivity index (χ4n) is 1.73. The lowest BCUT2D eigenvalue weighted by Crippen LogP contribution is -2.36. The number of aliphatic hydroxyl groups excluding tert-OH is 1. The second kappa shape index (κ2) is 5.46. The Morgan fingerprint density at radius 1 is 1.31 bits per heavy atom. The molecule has 0 fully saturated rings. The van der Waals surface area contributed by atoms with Crippen LogP contribution >= 0.6 is 0 Å². The molecule has 0 aliphatic heterocycles. The van der Waals surface area contributed by atoms with Gasteiger partial charge in [0, 0.05) is 24.7 Å². The molecule has 1 rings (SSSR count). The predicted molar refractivity (Wildman–Crippen MR) is 63.2 cm³/mol. The first kappa shape index (κ1) is 13.2. The Labute approximate surface area is 97.2 Å². The Bertz CT molecular complexity index is 312. The van der Waals surface area contributed by atoms with E-state index in [1.807, 2.05) is 20.8 Å². The minimum atomic E-state index is -0.317. The summed E-state index contributed by atoms with van der Waals surface area (Å²) in [5.41, 5.74) is 2.07. The molecule has 4 heteroatoms. The van der Waals surface area contributed by atoms with Crippen LogP contribution in [0.4, 0.5) is 0 Å². The van der Waals surface area contributed by atoms with Gasteiger partial charge in [-0.3, -0.25) is 4.90 Å². The monoisotopic (exact) mass is 226 g/mol. The van der Waals surface area contributed by atoms with E-state index in [4.69, 9.17) is 4.52 Å². The number of hydrogen-bond acceptors (Lipinski definition) is 4. The van der Waals surface area contributed by atoms with Gasteiger partial charge in [-0.05, 0) is 34.6 Å². The lowest BCUT2D eigenvalue weighted by molar-refractivity contribution is 0.102. The van der Waals surface area contributed by atoms with Crippen molar-refractivity contribution in [2.75, 3.05) is 6.54 Å². The van der Waals surface area contributed by atoms with E-state index in [0.29, 0.717) is 12.6 Å². The van der Waals surface area contributed by atoms with Crippen LogP contribution < -0.4 is 0 Å². The maximum Gasteiger partial charge on any atom is 0.138 e. The molecule has 4 nitrogen and oxygen atoms in total. The first-order valence-electron chi connectivity index (χ1n) is 5.75. The fourth-order valence-corrected chi connectivity index (χ4v) is 1.73. The Balaban J connectivity index is 2.75. The van der Waals surface area contributed by atoms with Crippen molar-refractivity contribution in [3.05, 3.63) is 17.0 Å². The van der Waals surface area contributed by atoms with Crippen LogP contribution in [0.15, 0.2) is 4.52 Å². The van der Waals surface area contributed by atoms with Gasteiger partial charge in [0.25, 0.3) is 0 Å². The highest BCUT2D eigenvalue weighted by molar-refractivity contribution is 5.20. The first-order chi connectivity index (χ1) is 7.41. The molecule has 0 spiro atoms. The van der Waals surface area contributed by atoms with Gasteiger partial charge in [0.15, 0.2) is 0 Å². The van der Waals surface area contributed by atoms with Crippen LogP contribution in [0.5, 0.6) is 0 Å². The van der Waals surface area contributed by atoms with E-state index in [-0.39, 0.29) is 6.10 Å². The average molecular weight is 226 g/mol. The van der Waals surface area contributed by atoms with E-state index in [2.05, 4.69) is 23.9 Å². The smallest absolute Gasteiger partial charge is 0.138 e. The van der Waals surface area contributed by atoms with E-state index < -0.39 is 0 Å². The number of aliphatic hydroxyl groups is 1. The Morgan fingerprint density at radius 2 is 1.94 bits per heavy atom. The molecule has 92 valence electrons. The van der Waals surface area contributed by atoms with Crippen molar-refractivity contribution in [3.8, 4) is 0 Å². The van der Waals surface area contributed by atoms with E-state index in [1.54, 1.807) is 0 Å². The Kier molecular flexibility index (Phi) is 4.50. The summed E-state index contributed by atoms with van der Waals surface area (Å²) >= 11 is 0. The van der Waals surface area contributed by atoms with Crippen LogP contribution in [0.2, 0.25) is 0 Å². The second-order valence-electron chi connectivity index (χ2n) is 4.67. The highest BCUT2D eigenvalue weighted by Crippen LogP contribution is 2.16. The number of rotatable bonds is 5. The zero-order valence-electron chi connectivity index (χ0n) is 10.8. The van der Waals surface area contributed by atoms with Crippen LogP contribution in [0.1, 0.15) is 37.8 Å². The third kappa shape index (κ3) is 3.32. The maximum atomic E-state index is 9.46. The fraction of sp³-hybridized carbons (Fsp3) is 0.750. The molecule has 0 aromatic carbocycles. The minimum absolute atomic E-state index is 0.317. The quantitative estimate of drug-likeness (QED) is 0.833. The molecule has 1 aromatic rings. The zero-order valence-corrected chi connectivity index (χ0v) is 10.8. The molecular formula is C12H22N2O2. The summed E-state index contributed by atoms with van der Waals surface area (Å²) in [6, 6.07) is 0.392. The standard InChI is InChI=1S/C12H22N2O2/c1-8(2)14(6-9(3)15)7-12-10(4)13-16-11(12)5/h8-9,15H,6-7H2,1-5H3. The van der Waals surface area contributed by atoms with Crippen LogP contribution in [-0.2, 0) is 6.54 Å². The first-order valence-corrected chi connectivity index (χ1v) is 5.75. The minimum Gasteiger partial charge on any atom is -0.392 e. The number of hydrogen-bond donors (Lipinski definition) is 1. The topological polar surface area (TPSA) is 49.5 Å². The van der Waals surface area contributed by atoms with E-state index in [1.165, 1.54) is 0 Å². The normalized spacial score (nSPS) is 13.8. The van der Waals surface area contributed by atoms with Crippen molar-refractivity contribution < 1.29 is 9.63 Å². The summed E-state index contributed by atoms with van der Waals surface area (Å²) in [6.45, 7) is 11.4. The summed E-state index contributed by atoms with van der Waals surface area (Å²) in [6.07, 6.45) is -0.317. The third-order valence-corrected chi connectivity index (χ3v) is 2.77. The highest BCUT2D eigenvalue weighted by atomic mass is 16.5. The molecule has 0 amide bonds. The van der Waals surface area contributed by atoms with Gasteiger partial charge in [0.1, 0.15) is 5.76 Å². The van der Waals surface area contributed by atoms with Crippen molar-refractivity contribution in [3.63, 3.8) is 0 Å². The Hall–Kier alpha value is -0.870. The van der Waals surface area contributed by atoms with Crippen LogP contribution in [0, 0.1) is 13.8 Å². The van der Waals surface area contributed by atoms with Crippen molar-refractivity contribution in [2.45, 2.75) is 53.3 Å². The highest BCUT2D eigenvalue weighted by Gasteiger charge is 2.17. The van der Waals surface area contributed by atoms with Gasteiger partial charge in [-0.2, -0.15) is 0 Å². The second-order valence-corrected chi connectivity index (χ2v) is 4.67. The molecular weight excluding hydrogens is 204 g/mol. The molecule has 0 radical (unpaired) electrons. The summed E-state index contributed by atoms with van der Waals surface area (Å²) in [7, 11) is 0. The van der Waals surface area contributed by atoms with Gasteiger partial charge in [-0.15, -0.1) is 0 Å². The molecule has 1 heterocycles. The largest absolute Gasteiger partial charge is 0.392 e. The Morgan fingerprint density at radius 3 is 2.31 bits per heavy atom. The van der Waals surface area contributed by atoms with Gasteiger partial charge >= 0.3 is 0 Å². The van der Waals surface area contributed by atoms with Crippen molar-refractivity contribution in [2.24, 2.45) is 0 Å². The molecule has 0 bridgehead atoms. The SMILES string of the molecule is Cc1noc(C)c1CN(CC(C)O)C(C)C. The van der Waals surface area contributed by atoms with Gasteiger partial charge in [-0.1, -0.05) is 5.16 Å². The lowest BCUT2D eigenvalue weighted by Gasteiger charge is -2.27. The molecule has 0 saturated heterocycles. The van der Waals surface area contributed by atoms with Crippen LogP contribution in [-0.4, -0.2) is 33.9 Å². The number of aromatic nitrogens is 1. The summed E-state index contributed by atoms with van der Waals surface area (Å²) in [5, 5.41) is 13.4. The molecule has 1 atom stereocenters. The summed E-state index contributed by atoms with van der Waals surface area (Å²) < 4.78 is 5.14. The average Bonchev–Trinajstić information content (AvgIpc) is 2.47. The van der Waals surface area contributed by atoms with Crippen LogP contribution in [0.25, 0.3) is 0 Å². The molecule has 1 unspecified atom stereocenters. The van der Waals surface area contributed by atoms with Crippen molar-refractivity contribution >= 4 is 0 Å². The van der Waals surface area contributed by atoms with Crippen molar-refractivity contribution in [1.29, 1.82) is 0 Å². The van der Waals surface area contributed by atoms with Crippen LogP contribution in [0.3, 0.4) is 0 Å². The van der Waals surface area contributed by atoms with E-state index >= 15 is 0 Å². The van der Waals surface area contributed by atoms with E-state index in [9.17, 15) is 5.11 Å². The van der Waals surface area contributed by atoms with E-state index in [0.717, 1.165) is 23.6 Å². The lowest BCUT2D eigenvalue weighted by atomic mass is 10.1. The molecule has 0 saturated carbocycles. The molecule has 16 heavy (non-hydrogen) atoms. The number of nitrogens with zero attached hydrogens (tertiary/aromatic N) is 2. The zero-order chi connectivity index (χ0) is 12.3. The predicted octanol–water partition coefficient (Wildman–Crippen LogP) is 1.88. The molecule has 0 aliphatic rings. The van der Waals surface area contributed by atoms with Gasteiger partial charge in [-0.25, -0.2) is 0 Å². The van der Waals surface area contributed by atoms with Gasteiger partial charge < -0.3 is 9.63 Å². The third-order valence-electron chi connectivity index (χ3n) is 2.77. The maximum absolute atomic E-state index is 9.46. The van der Waals surface area contributed by atoms with Gasteiger partial charge in [0.2, 0.25) is 0 Å².